The lowest BCUT2D eigenvalue weighted by atomic mass is 10.1. The molecule has 0 aliphatic carbocycles. The molecule has 1 unspecified atom stereocenters. The number of rotatable bonds is 3. The fraction of sp³-hybridized carbons (Fsp3) is 0.417. The average molecular weight is 258 g/mol. The van der Waals surface area contributed by atoms with E-state index in [1.165, 1.54) is 0 Å². The van der Waals surface area contributed by atoms with Crippen LogP contribution >= 0.6 is 0 Å². The lowest BCUT2D eigenvalue weighted by Crippen LogP contribution is -2.30. The van der Waals surface area contributed by atoms with E-state index in [1.807, 2.05) is 19.1 Å². The van der Waals surface area contributed by atoms with Gasteiger partial charge in [-0.25, -0.2) is 4.98 Å². The van der Waals surface area contributed by atoms with Crippen LogP contribution in [0.25, 0.3) is 11.0 Å². The third-order valence-electron chi connectivity index (χ3n) is 2.77. The number of aromatic nitrogens is 2. The molecular weight excluding hydrogens is 245 g/mol. The van der Waals surface area contributed by atoms with Crippen molar-refractivity contribution >= 4 is 11.0 Å². The first-order valence-corrected chi connectivity index (χ1v) is 5.62. The van der Waals surface area contributed by atoms with E-state index in [-0.39, 0.29) is 5.82 Å². The first kappa shape index (κ1) is 12.9. The van der Waals surface area contributed by atoms with E-state index in [0.29, 0.717) is 11.0 Å². The molecule has 2 rings (SSSR count). The van der Waals surface area contributed by atoms with Crippen molar-refractivity contribution in [2.75, 3.05) is 0 Å². The van der Waals surface area contributed by atoms with Gasteiger partial charge in [-0.15, -0.1) is 0 Å². The SMILES string of the molecule is CCc1ccc2nc(CC(O)C(F)(F)F)[nH]c2c1. The third kappa shape index (κ3) is 2.64. The summed E-state index contributed by atoms with van der Waals surface area (Å²) in [7, 11) is 0. The molecule has 98 valence electrons. The minimum atomic E-state index is -4.62. The number of halogens is 3. The first-order valence-electron chi connectivity index (χ1n) is 5.62. The molecule has 0 fully saturated rings. The summed E-state index contributed by atoms with van der Waals surface area (Å²) >= 11 is 0. The normalized spacial score (nSPS) is 14.1. The molecule has 0 amide bonds. The first-order chi connectivity index (χ1) is 8.40. The Morgan fingerprint density at radius 3 is 2.72 bits per heavy atom. The van der Waals surface area contributed by atoms with Crippen LogP contribution in [-0.2, 0) is 12.8 Å². The molecule has 1 aromatic heterocycles. The van der Waals surface area contributed by atoms with Gasteiger partial charge in [-0.1, -0.05) is 13.0 Å². The van der Waals surface area contributed by atoms with Gasteiger partial charge in [0.15, 0.2) is 6.10 Å². The van der Waals surface area contributed by atoms with E-state index in [2.05, 4.69) is 9.97 Å². The molecule has 1 atom stereocenters. The summed E-state index contributed by atoms with van der Waals surface area (Å²) in [5, 5.41) is 8.98. The van der Waals surface area contributed by atoms with Gasteiger partial charge in [0.05, 0.1) is 11.0 Å². The number of H-pyrrole nitrogens is 1. The number of hydrogen-bond donors (Lipinski definition) is 2. The molecule has 0 aliphatic rings. The molecular formula is C12H13F3N2O. The Morgan fingerprint density at radius 1 is 1.39 bits per heavy atom. The zero-order valence-corrected chi connectivity index (χ0v) is 9.75. The minimum absolute atomic E-state index is 0.142. The van der Waals surface area contributed by atoms with Crippen LogP contribution in [0.5, 0.6) is 0 Å². The number of aryl methyl sites for hydroxylation is 1. The van der Waals surface area contributed by atoms with Crippen LogP contribution in [0.1, 0.15) is 18.3 Å². The number of benzene rings is 1. The van der Waals surface area contributed by atoms with Gasteiger partial charge in [-0.2, -0.15) is 13.2 Å². The highest BCUT2D eigenvalue weighted by Gasteiger charge is 2.38. The highest BCUT2D eigenvalue weighted by atomic mass is 19.4. The van der Waals surface area contributed by atoms with Gasteiger partial charge in [-0.05, 0) is 24.1 Å². The molecule has 0 aliphatic heterocycles. The highest BCUT2D eigenvalue weighted by molar-refractivity contribution is 5.75. The van der Waals surface area contributed by atoms with E-state index in [9.17, 15) is 13.2 Å². The van der Waals surface area contributed by atoms with E-state index < -0.39 is 18.7 Å². The second-order valence-electron chi connectivity index (χ2n) is 4.15. The predicted molar refractivity (Wildman–Crippen MR) is 61.2 cm³/mol. The van der Waals surface area contributed by atoms with Gasteiger partial charge in [0, 0.05) is 6.42 Å². The zero-order chi connectivity index (χ0) is 13.3. The lowest BCUT2D eigenvalue weighted by Gasteiger charge is -2.12. The predicted octanol–water partition coefficient (Wildman–Crippen LogP) is 2.59. The number of alkyl halides is 3. The van der Waals surface area contributed by atoms with Crippen LogP contribution in [0.4, 0.5) is 13.2 Å². The number of fused-ring (bicyclic) bond motifs is 1. The molecule has 1 heterocycles. The van der Waals surface area contributed by atoms with E-state index in [4.69, 9.17) is 5.11 Å². The number of aromatic amines is 1. The molecule has 0 radical (unpaired) electrons. The molecule has 18 heavy (non-hydrogen) atoms. The van der Waals surface area contributed by atoms with Gasteiger partial charge in [0.2, 0.25) is 0 Å². The monoisotopic (exact) mass is 258 g/mol. The van der Waals surface area contributed by atoms with Crippen LogP contribution in [0.2, 0.25) is 0 Å². The lowest BCUT2D eigenvalue weighted by molar-refractivity contribution is -0.203. The zero-order valence-electron chi connectivity index (χ0n) is 9.75. The van der Waals surface area contributed by atoms with Crippen LogP contribution in [0.15, 0.2) is 18.2 Å². The minimum Gasteiger partial charge on any atom is -0.383 e. The molecule has 0 bridgehead atoms. The van der Waals surface area contributed by atoms with Crippen molar-refractivity contribution in [2.45, 2.75) is 32.0 Å². The summed E-state index contributed by atoms with van der Waals surface area (Å²) in [5.74, 6) is 0.142. The molecule has 2 aromatic rings. The summed E-state index contributed by atoms with van der Waals surface area (Å²) in [6.07, 6.45) is -6.72. The third-order valence-corrected chi connectivity index (χ3v) is 2.77. The topological polar surface area (TPSA) is 48.9 Å². The summed E-state index contributed by atoms with van der Waals surface area (Å²) in [5.41, 5.74) is 2.38. The molecule has 6 heteroatoms. The van der Waals surface area contributed by atoms with Crippen molar-refractivity contribution in [2.24, 2.45) is 0 Å². The van der Waals surface area contributed by atoms with E-state index in [1.54, 1.807) is 6.07 Å². The Bertz CT molecular complexity index is 548. The standard InChI is InChI=1S/C12H13F3N2O/c1-2-7-3-4-8-9(5-7)17-11(16-8)6-10(18)12(13,14)15/h3-5,10,18H,2,6H2,1H3,(H,16,17). The maximum Gasteiger partial charge on any atom is 0.414 e. The number of nitrogens with one attached hydrogen (secondary N) is 1. The smallest absolute Gasteiger partial charge is 0.383 e. The number of imidazole rings is 1. The van der Waals surface area contributed by atoms with Crippen molar-refractivity contribution in [1.82, 2.24) is 9.97 Å². The number of nitrogens with zero attached hydrogens (tertiary/aromatic N) is 1. The number of aliphatic hydroxyl groups is 1. The molecule has 0 saturated heterocycles. The highest BCUT2D eigenvalue weighted by Crippen LogP contribution is 2.23. The Labute approximate surface area is 102 Å². The van der Waals surface area contributed by atoms with Crippen molar-refractivity contribution in [1.29, 1.82) is 0 Å². The van der Waals surface area contributed by atoms with Crippen LogP contribution in [0, 0.1) is 0 Å². The van der Waals surface area contributed by atoms with Gasteiger partial charge < -0.3 is 10.1 Å². The Kier molecular flexibility index (Phi) is 3.30. The second-order valence-corrected chi connectivity index (χ2v) is 4.15. The van der Waals surface area contributed by atoms with Crippen molar-refractivity contribution in [3.63, 3.8) is 0 Å². The van der Waals surface area contributed by atoms with Gasteiger partial charge >= 0.3 is 6.18 Å². The van der Waals surface area contributed by atoms with Crippen molar-refractivity contribution in [3.8, 4) is 0 Å². The Balaban J connectivity index is 2.25. The fourth-order valence-corrected chi connectivity index (χ4v) is 1.73. The summed E-state index contributed by atoms with van der Waals surface area (Å²) in [6.45, 7) is 1.99. The molecule has 2 N–H and O–H groups in total. The van der Waals surface area contributed by atoms with E-state index in [0.717, 1.165) is 12.0 Å². The van der Waals surface area contributed by atoms with E-state index >= 15 is 0 Å². The van der Waals surface area contributed by atoms with Crippen LogP contribution in [0.3, 0.4) is 0 Å². The second kappa shape index (κ2) is 4.61. The van der Waals surface area contributed by atoms with Crippen LogP contribution < -0.4 is 0 Å². The van der Waals surface area contributed by atoms with Gasteiger partial charge in [0.25, 0.3) is 0 Å². The number of hydrogen-bond acceptors (Lipinski definition) is 2. The van der Waals surface area contributed by atoms with Crippen LogP contribution in [-0.4, -0.2) is 27.4 Å². The van der Waals surface area contributed by atoms with Crippen molar-refractivity contribution < 1.29 is 18.3 Å². The average Bonchev–Trinajstić information content (AvgIpc) is 2.68. The van der Waals surface area contributed by atoms with Gasteiger partial charge in [-0.3, -0.25) is 0 Å². The maximum atomic E-state index is 12.2. The molecule has 0 saturated carbocycles. The summed E-state index contributed by atoms with van der Waals surface area (Å²) in [6, 6.07) is 5.49. The largest absolute Gasteiger partial charge is 0.414 e. The summed E-state index contributed by atoms with van der Waals surface area (Å²) < 4.78 is 36.7. The number of aliphatic hydroxyl groups excluding tert-OH is 1. The van der Waals surface area contributed by atoms with Crippen molar-refractivity contribution in [3.05, 3.63) is 29.6 Å². The molecule has 0 spiro atoms. The van der Waals surface area contributed by atoms with Gasteiger partial charge in [0.1, 0.15) is 5.82 Å². The molecule has 1 aromatic carbocycles. The Morgan fingerprint density at radius 2 is 2.11 bits per heavy atom. The molecule has 3 nitrogen and oxygen atoms in total. The Hall–Kier alpha value is -1.56. The summed E-state index contributed by atoms with van der Waals surface area (Å²) in [4.78, 5) is 6.83. The fourth-order valence-electron chi connectivity index (χ4n) is 1.73. The quantitative estimate of drug-likeness (QED) is 0.889. The maximum absolute atomic E-state index is 12.2.